The molecule has 96 valence electrons. The van der Waals surface area contributed by atoms with Gasteiger partial charge in [-0.3, -0.25) is 4.90 Å². The third-order valence-electron chi connectivity index (χ3n) is 3.28. The summed E-state index contributed by atoms with van der Waals surface area (Å²) in [7, 11) is 0. The molecular formula is C13H17N3O2. The minimum absolute atomic E-state index is 0.115. The number of rotatable bonds is 3. The van der Waals surface area contributed by atoms with Crippen LogP contribution in [-0.2, 0) is 0 Å². The van der Waals surface area contributed by atoms with Crippen molar-refractivity contribution in [2.45, 2.75) is 12.5 Å². The highest BCUT2D eigenvalue weighted by atomic mass is 16.3. The number of piperazine rings is 1. The number of nitrogens with zero attached hydrogens (tertiary/aromatic N) is 2. The Balaban J connectivity index is 2.28. The number of nitrogens with one attached hydrogen (secondary N) is 1. The normalized spacial score (nSPS) is 18.2. The zero-order chi connectivity index (χ0) is 13.0. The highest BCUT2D eigenvalue weighted by Crippen LogP contribution is 2.36. The Hall–Kier alpha value is -1.77. The van der Waals surface area contributed by atoms with E-state index in [2.05, 4.69) is 16.3 Å². The van der Waals surface area contributed by atoms with Gasteiger partial charge in [-0.2, -0.15) is 5.26 Å². The molecule has 0 amide bonds. The van der Waals surface area contributed by atoms with E-state index in [1.54, 1.807) is 12.1 Å². The van der Waals surface area contributed by atoms with E-state index in [1.165, 1.54) is 6.07 Å². The van der Waals surface area contributed by atoms with E-state index in [9.17, 15) is 10.2 Å². The second-order valence-electron chi connectivity index (χ2n) is 4.38. The first-order chi connectivity index (χ1) is 8.74. The number of aromatic hydroxyl groups is 2. The van der Waals surface area contributed by atoms with Crippen LogP contribution in [0.3, 0.4) is 0 Å². The third kappa shape index (κ3) is 2.55. The molecule has 1 atom stereocenters. The number of nitriles is 1. The molecule has 0 radical (unpaired) electrons. The summed E-state index contributed by atoms with van der Waals surface area (Å²) >= 11 is 0. The van der Waals surface area contributed by atoms with Crippen LogP contribution in [0, 0.1) is 11.3 Å². The van der Waals surface area contributed by atoms with Crippen LogP contribution in [-0.4, -0.2) is 41.3 Å². The van der Waals surface area contributed by atoms with Gasteiger partial charge in [-0.05, 0) is 6.07 Å². The Morgan fingerprint density at radius 3 is 2.72 bits per heavy atom. The standard InChI is InChI=1S/C13H17N3O2/c14-5-4-11(16-8-6-15-7-9-16)10-2-1-3-12(17)13(10)18/h1-3,11,15,17-18H,4,6-9H2/t11-/m0/s1. The van der Waals surface area contributed by atoms with E-state index < -0.39 is 0 Å². The molecule has 0 unspecified atom stereocenters. The van der Waals surface area contributed by atoms with Crippen molar-refractivity contribution in [1.82, 2.24) is 10.2 Å². The van der Waals surface area contributed by atoms with Gasteiger partial charge in [0, 0.05) is 31.7 Å². The molecule has 5 heteroatoms. The lowest BCUT2D eigenvalue weighted by Gasteiger charge is -2.34. The lowest BCUT2D eigenvalue weighted by Crippen LogP contribution is -2.45. The smallest absolute Gasteiger partial charge is 0.162 e. The maximum absolute atomic E-state index is 9.92. The molecule has 2 rings (SSSR count). The Morgan fingerprint density at radius 1 is 1.33 bits per heavy atom. The predicted octanol–water partition coefficient (Wildman–Crippen LogP) is 0.958. The number of hydrogen-bond acceptors (Lipinski definition) is 5. The lowest BCUT2D eigenvalue weighted by atomic mass is 10.0. The van der Waals surface area contributed by atoms with Crippen LogP contribution in [0.1, 0.15) is 18.0 Å². The maximum Gasteiger partial charge on any atom is 0.162 e. The summed E-state index contributed by atoms with van der Waals surface area (Å²) in [6.07, 6.45) is 0.303. The van der Waals surface area contributed by atoms with Gasteiger partial charge >= 0.3 is 0 Å². The van der Waals surface area contributed by atoms with Gasteiger partial charge in [-0.1, -0.05) is 12.1 Å². The lowest BCUT2D eigenvalue weighted by molar-refractivity contribution is 0.172. The van der Waals surface area contributed by atoms with E-state index in [-0.39, 0.29) is 17.5 Å². The largest absolute Gasteiger partial charge is 0.504 e. The zero-order valence-corrected chi connectivity index (χ0v) is 10.1. The van der Waals surface area contributed by atoms with Gasteiger partial charge in [0.15, 0.2) is 11.5 Å². The second kappa shape index (κ2) is 5.71. The quantitative estimate of drug-likeness (QED) is 0.693. The number of phenolic OH excluding ortho intramolecular Hbond substituents is 2. The van der Waals surface area contributed by atoms with Gasteiger partial charge in [0.2, 0.25) is 0 Å². The topological polar surface area (TPSA) is 79.5 Å². The molecule has 0 saturated carbocycles. The molecule has 1 fully saturated rings. The Bertz CT molecular complexity index is 450. The first-order valence-electron chi connectivity index (χ1n) is 6.06. The van der Waals surface area contributed by atoms with Gasteiger partial charge in [0.05, 0.1) is 18.5 Å². The summed E-state index contributed by atoms with van der Waals surface area (Å²) in [6.45, 7) is 3.42. The highest BCUT2D eigenvalue weighted by molar-refractivity contribution is 5.46. The van der Waals surface area contributed by atoms with Gasteiger partial charge < -0.3 is 15.5 Å². The summed E-state index contributed by atoms with van der Waals surface area (Å²) in [5, 5.41) is 31.7. The molecule has 1 aromatic rings. The monoisotopic (exact) mass is 247 g/mol. The van der Waals surface area contributed by atoms with Crippen molar-refractivity contribution in [3.63, 3.8) is 0 Å². The van der Waals surface area contributed by atoms with Crippen LogP contribution < -0.4 is 5.32 Å². The van der Waals surface area contributed by atoms with Gasteiger partial charge in [-0.15, -0.1) is 0 Å². The Labute approximate surface area is 106 Å². The molecule has 18 heavy (non-hydrogen) atoms. The van der Waals surface area contributed by atoms with Crippen molar-refractivity contribution < 1.29 is 10.2 Å². The summed E-state index contributed by atoms with van der Waals surface area (Å²) < 4.78 is 0. The summed E-state index contributed by atoms with van der Waals surface area (Å²) in [4.78, 5) is 2.16. The third-order valence-corrected chi connectivity index (χ3v) is 3.28. The molecule has 1 aliphatic rings. The van der Waals surface area contributed by atoms with Crippen LogP contribution >= 0.6 is 0 Å². The van der Waals surface area contributed by atoms with Crippen LogP contribution in [0.25, 0.3) is 0 Å². The first kappa shape index (κ1) is 12.7. The van der Waals surface area contributed by atoms with Crippen molar-refractivity contribution in [3.8, 4) is 17.6 Å². The van der Waals surface area contributed by atoms with Gasteiger partial charge in [0.25, 0.3) is 0 Å². The molecule has 0 aliphatic carbocycles. The molecule has 1 heterocycles. The van der Waals surface area contributed by atoms with Crippen LogP contribution in [0.4, 0.5) is 0 Å². The minimum atomic E-state index is -0.163. The SMILES string of the molecule is N#CC[C@@H](c1cccc(O)c1O)N1CCNCC1. The predicted molar refractivity (Wildman–Crippen MR) is 67.2 cm³/mol. The van der Waals surface area contributed by atoms with Gasteiger partial charge in [-0.25, -0.2) is 0 Å². The molecule has 0 aromatic heterocycles. The molecule has 5 nitrogen and oxygen atoms in total. The maximum atomic E-state index is 9.92. The fourth-order valence-corrected chi connectivity index (χ4v) is 2.33. The molecular weight excluding hydrogens is 230 g/mol. The molecule has 1 aliphatic heterocycles. The van der Waals surface area contributed by atoms with E-state index >= 15 is 0 Å². The van der Waals surface area contributed by atoms with Crippen LogP contribution in [0.2, 0.25) is 0 Å². The first-order valence-corrected chi connectivity index (χ1v) is 6.06. The van der Waals surface area contributed by atoms with Gasteiger partial charge in [0.1, 0.15) is 0 Å². The van der Waals surface area contributed by atoms with Crippen molar-refractivity contribution in [3.05, 3.63) is 23.8 Å². The van der Waals surface area contributed by atoms with Crippen LogP contribution in [0.5, 0.6) is 11.5 Å². The fraction of sp³-hybridized carbons (Fsp3) is 0.462. The average Bonchev–Trinajstić information content (AvgIpc) is 2.41. The molecule has 0 bridgehead atoms. The second-order valence-corrected chi connectivity index (χ2v) is 4.38. The molecule has 0 spiro atoms. The Morgan fingerprint density at radius 2 is 2.06 bits per heavy atom. The zero-order valence-electron chi connectivity index (χ0n) is 10.1. The number of para-hydroxylation sites is 1. The van der Waals surface area contributed by atoms with Crippen molar-refractivity contribution in [2.75, 3.05) is 26.2 Å². The molecule has 1 aromatic carbocycles. The average molecular weight is 247 g/mol. The van der Waals surface area contributed by atoms with E-state index in [1.807, 2.05) is 0 Å². The van der Waals surface area contributed by atoms with E-state index in [4.69, 9.17) is 5.26 Å². The van der Waals surface area contributed by atoms with Crippen LogP contribution in [0.15, 0.2) is 18.2 Å². The fourth-order valence-electron chi connectivity index (χ4n) is 2.33. The van der Waals surface area contributed by atoms with E-state index in [0.29, 0.717) is 12.0 Å². The summed E-state index contributed by atoms with van der Waals surface area (Å²) in [5.74, 6) is -0.248. The Kier molecular flexibility index (Phi) is 4.03. The van der Waals surface area contributed by atoms with Crippen molar-refractivity contribution in [1.29, 1.82) is 5.26 Å². The molecule has 1 saturated heterocycles. The summed E-state index contributed by atoms with van der Waals surface area (Å²) in [5.41, 5.74) is 0.624. The van der Waals surface area contributed by atoms with Crippen molar-refractivity contribution in [2.24, 2.45) is 0 Å². The van der Waals surface area contributed by atoms with Crippen molar-refractivity contribution >= 4 is 0 Å². The number of benzene rings is 1. The number of phenols is 2. The van der Waals surface area contributed by atoms with E-state index in [0.717, 1.165) is 26.2 Å². The highest BCUT2D eigenvalue weighted by Gasteiger charge is 2.25. The number of hydrogen-bond donors (Lipinski definition) is 3. The minimum Gasteiger partial charge on any atom is -0.504 e. The molecule has 3 N–H and O–H groups in total. The summed E-state index contributed by atoms with van der Waals surface area (Å²) in [6, 6.07) is 6.89.